The van der Waals surface area contributed by atoms with Gasteiger partial charge in [0, 0.05) is 11.1 Å². The molecular weight excluding hydrogens is 214 g/mol. The van der Waals surface area contributed by atoms with E-state index in [1.807, 2.05) is 6.07 Å². The van der Waals surface area contributed by atoms with Crippen molar-refractivity contribution in [2.24, 2.45) is 0 Å². The Morgan fingerprint density at radius 1 is 1.60 bits per heavy atom. The van der Waals surface area contributed by atoms with E-state index in [2.05, 4.69) is 0 Å². The highest BCUT2D eigenvalue weighted by Crippen LogP contribution is 2.16. The van der Waals surface area contributed by atoms with Crippen molar-refractivity contribution in [2.75, 3.05) is 5.88 Å². The van der Waals surface area contributed by atoms with Crippen molar-refractivity contribution in [2.45, 2.75) is 6.92 Å². The van der Waals surface area contributed by atoms with Gasteiger partial charge in [0.15, 0.2) is 12.1 Å². The lowest BCUT2D eigenvalue weighted by Crippen LogP contribution is -2.05. The average Bonchev–Trinajstić information content (AvgIpc) is 2.27. The first-order valence-electron chi connectivity index (χ1n) is 4.23. The van der Waals surface area contributed by atoms with E-state index in [1.165, 1.54) is 12.1 Å². The highest BCUT2D eigenvalue weighted by atomic mass is 35.5. The minimum atomic E-state index is -0.248. The van der Waals surface area contributed by atoms with E-state index in [4.69, 9.17) is 16.9 Å². The zero-order valence-electron chi connectivity index (χ0n) is 8.08. The lowest BCUT2D eigenvalue weighted by molar-refractivity contribution is 0.102. The number of halogens is 1. The molecule has 0 saturated heterocycles. The summed E-state index contributed by atoms with van der Waals surface area (Å²) in [4.78, 5) is 22.0. The Morgan fingerprint density at radius 2 is 2.27 bits per heavy atom. The van der Waals surface area contributed by atoms with Gasteiger partial charge in [-0.2, -0.15) is 5.26 Å². The van der Waals surface area contributed by atoms with Crippen LogP contribution in [0.2, 0.25) is 0 Å². The second-order valence-electron chi connectivity index (χ2n) is 3.04. The summed E-state index contributed by atoms with van der Waals surface area (Å²) in [5.41, 5.74) is 1.54. The molecule has 0 aliphatic heterocycles. The fraction of sp³-hybridized carbons (Fsp3) is 0.182. The Kier molecular flexibility index (Phi) is 3.59. The number of ketones is 1. The summed E-state index contributed by atoms with van der Waals surface area (Å²) in [5.74, 6) is -0.382. The molecule has 0 saturated carbocycles. The average molecular weight is 222 g/mol. The van der Waals surface area contributed by atoms with Crippen molar-refractivity contribution in [3.05, 3.63) is 34.4 Å². The van der Waals surface area contributed by atoms with Crippen LogP contribution in [0, 0.1) is 18.3 Å². The van der Waals surface area contributed by atoms with Gasteiger partial charge in [-0.05, 0) is 24.6 Å². The number of carbonyl (C=O) groups is 2. The fourth-order valence-electron chi connectivity index (χ4n) is 1.29. The molecule has 0 atom stereocenters. The molecule has 15 heavy (non-hydrogen) atoms. The van der Waals surface area contributed by atoms with Gasteiger partial charge in [0.1, 0.15) is 0 Å². The molecule has 0 heterocycles. The van der Waals surface area contributed by atoms with Crippen LogP contribution in [0.4, 0.5) is 0 Å². The molecule has 1 aromatic rings. The summed E-state index contributed by atoms with van der Waals surface area (Å²) in [6.07, 6.45) is 0.559. The van der Waals surface area contributed by atoms with Gasteiger partial charge in [-0.15, -0.1) is 11.6 Å². The zero-order valence-corrected chi connectivity index (χ0v) is 8.84. The first kappa shape index (κ1) is 11.4. The summed E-state index contributed by atoms with van der Waals surface area (Å²) in [5, 5.41) is 8.74. The zero-order chi connectivity index (χ0) is 11.4. The first-order chi connectivity index (χ1) is 7.13. The maximum Gasteiger partial charge on any atom is 0.177 e. The second-order valence-corrected chi connectivity index (χ2v) is 3.31. The first-order valence-corrected chi connectivity index (χ1v) is 4.76. The van der Waals surface area contributed by atoms with Crippen LogP contribution in [0.3, 0.4) is 0 Å². The van der Waals surface area contributed by atoms with E-state index in [-0.39, 0.29) is 22.8 Å². The van der Waals surface area contributed by atoms with Gasteiger partial charge in [-0.3, -0.25) is 9.59 Å². The van der Waals surface area contributed by atoms with E-state index >= 15 is 0 Å². The summed E-state index contributed by atoms with van der Waals surface area (Å²) in [7, 11) is 0. The molecule has 76 valence electrons. The van der Waals surface area contributed by atoms with Crippen molar-refractivity contribution in [1.82, 2.24) is 0 Å². The number of rotatable bonds is 3. The molecule has 3 nitrogen and oxygen atoms in total. The minimum absolute atomic E-state index is 0.134. The molecular formula is C11H8ClNO2. The van der Waals surface area contributed by atoms with Crippen LogP contribution in [0.15, 0.2) is 12.1 Å². The summed E-state index contributed by atoms with van der Waals surface area (Å²) < 4.78 is 0. The van der Waals surface area contributed by atoms with Crippen molar-refractivity contribution in [3.8, 4) is 6.07 Å². The van der Waals surface area contributed by atoms with Gasteiger partial charge in [0.2, 0.25) is 0 Å². The second kappa shape index (κ2) is 4.72. The molecule has 0 spiro atoms. The van der Waals surface area contributed by atoms with Gasteiger partial charge in [0.25, 0.3) is 0 Å². The number of Topliss-reactive ketones (excluding diaryl/α,β-unsaturated/α-hetero) is 1. The van der Waals surface area contributed by atoms with E-state index in [0.717, 1.165) is 0 Å². The molecule has 0 radical (unpaired) electrons. The van der Waals surface area contributed by atoms with Gasteiger partial charge in [-0.1, -0.05) is 0 Å². The largest absolute Gasteiger partial charge is 0.298 e. The molecule has 0 bridgehead atoms. The Bertz CT molecular complexity index is 460. The van der Waals surface area contributed by atoms with Crippen LogP contribution >= 0.6 is 11.6 Å². The Hall–Kier alpha value is -1.66. The fourth-order valence-corrected chi connectivity index (χ4v) is 1.44. The number of carbonyl (C=O) groups excluding carboxylic acids is 2. The molecule has 1 rings (SSSR count). The van der Waals surface area contributed by atoms with Gasteiger partial charge in [0.05, 0.1) is 17.5 Å². The smallest absolute Gasteiger partial charge is 0.177 e. The lowest BCUT2D eigenvalue weighted by Gasteiger charge is -2.05. The summed E-state index contributed by atoms with van der Waals surface area (Å²) in [6, 6.07) is 4.82. The number of nitriles is 1. The van der Waals surface area contributed by atoms with Crippen LogP contribution in [0.5, 0.6) is 0 Å². The lowest BCUT2D eigenvalue weighted by atomic mass is 9.98. The van der Waals surface area contributed by atoms with Crippen molar-refractivity contribution in [1.29, 1.82) is 5.26 Å². The van der Waals surface area contributed by atoms with E-state index in [0.29, 0.717) is 17.4 Å². The normalized spacial score (nSPS) is 9.40. The van der Waals surface area contributed by atoms with Crippen LogP contribution in [-0.4, -0.2) is 17.9 Å². The number of alkyl halides is 1. The van der Waals surface area contributed by atoms with Crippen LogP contribution in [-0.2, 0) is 0 Å². The predicted molar refractivity (Wildman–Crippen MR) is 56.3 cm³/mol. The monoisotopic (exact) mass is 221 g/mol. The van der Waals surface area contributed by atoms with Gasteiger partial charge < -0.3 is 0 Å². The van der Waals surface area contributed by atoms with E-state index < -0.39 is 0 Å². The number of hydrogen-bond acceptors (Lipinski definition) is 3. The van der Waals surface area contributed by atoms with Crippen LogP contribution < -0.4 is 0 Å². The highest BCUT2D eigenvalue weighted by Gasteiger charge is 2.11. The van der Waals surface area contributed by atoms with Crippen molar-refractivity contribution < 1.29 is 9.59 Å². The predicted octanol–water partition coefficient (Wildman–Crippen LogP) is 2.10. The Balaban J connectivity index is 3.40. The third-order valence-corrected chi connectivity index (χ3v) is 2.31. The topological polar surface area (TPSA) is 57.9 Å². The van der Waals surface area contributed by atoms with Crippen LogP contribution in [0.1, 0.15) is 31.8 Å². The van der Waals surface area contributed by atoms with E-state index in [9.17, 15) is 9.59 Å². The van der Waals surface area contributed by atoms with E-state index in [1.54, 1.807) is 6.92 Å². The Morgan fingerprint density at radius 3 is 2.73 bits per heavy atom. The molecule has 4 heteroatoms. The summed E-state index contributed by atoms with van der Waals surface area (Å²) in [6.45, 7) is 1.70. The van der Waals surface area contributed by atoms with Crippen LogP contribution in [0.25, 0.3) is 0 Å². The maximum absolute atomic E-state index is 11.4. The molecule has 0 aliphatic rings. The standard InChI is InChI=1S/C11H8ClNO2/c1-7-2-8(5-13)9(6-14)3-10(7)11(15)4-12/h2-3,6H,4H2,1H3. The molecule has 0 aliphatic carbocycles. The molecule has 0 unspecified atom stereocenters. The number of aldehydes is 1. The van der Waals surface area contributed by atoms with Crippen molar-refractivity contribution in [3.63, 3.8) is 0 Å². The minimum Gasteiger partial charge on any atom is -0.298 e. The third-order valence-electron chi connectivity index (χ3n) is 2.07. The number of hydrogen-bond donors (Lipinski definition) is 0. The number of aryl methyl sites for hydroxylation is 1. The molecule has 0 N–H and O–H groups in total. The molecule has 0 amide bonds. The Labute approximate surface area is 92.3 Å². The van der Waals surface area contributed by atoms with Gasteiger partial charge in [-0.25, -0.2) is 0 Å². The number of nitrogens with zero attached hydrogens (tertiary/aromatic N) is 1. The summed E-state index contributed by atoms with van der Waals surface area (Å²) >= 11 is 5.42. The molecule has 0 aromatic heterocycles. The van der Waals surface area contributed by atoms with Crippen molar-refractivity contribution >= 4 is 23.7 Å². The third kappa shape index (κ3) is 2.23. The SMILES string of the molecule is Cc1cc(C#N)c(C=O)cc1C(=O)CCl. The highest BCUT2D eigenvalue weighted by molar-refractivity contribution is 6.30. The maximum atomic E-state index is 11.4. The van der Waals surface area contributed by atoms with Gasteiger partial charge >= 0.3 is 0 Å². The quantitative estimate of drug-likeness (QED) is 0.446. The molecule has 0 fully saturated rings. The number of benzene rings is 1. The molecule has 1 aromatic carbocycles.